The second kappa shape index (κ2) is 4.62. The van der Waals surface area contributed by atoms with Gasteiger partial charge in [-0.05, 0) is 25.7 Å². The van der Waals surface area contributed by atoms with Crippen molar-refractivity contribution < 1.29 is 9.53 Å². The molecule has 0 spiro atoms. The van der Waals surface area contributed by atoms with E-state index in [0.717, 1.165) is 24.5 Å². The zero-order chi connectivity index (χ0) is 13.5. The van der Waals surface area contributed by atoms with Crippen LogP contribution >= 0.6 is 0 Å². The Labute approximate surface area is 113 Å². The summed E-state index contributed by atoms with van der Waals surface area (Å²) in [4.78, 5) is 16.6. The Hall–Kier alpha value is -1.39. The van der Waals surface area contributed by atoms with E-state index >= 15 is 0 Å². The fraction of sp³-hybridized carbons (Fsp3) is 0.786. The van der Waals surface area contributed by atoms with E-state index in [2.05, 4.69) is 10.1 Å². The van der Waals surface area contributed by atoms with Crippen molar-refractivity contribution in [3.8, 4) is 0 Å². The average molecular weight is 263 g/mol. The Balaban J connectivity index is 1.87. The SMILES string of the molecule is COC(=O)C1(c2nc(C3CCCCC3)nn2C)CC1. The van der Waals surface area contributed by atoms with Crippen molar-refractivity contribution in [3.05, 3.63) is 11.6 Å². The molecule has 2 fully saturated rings. The van der Waals surface area contributed by atoms with Crippen LogP contribution in [-0.4, -0.2) is 27.8 Å². The number of aryl methyl sites for hydroxylation is 1. The second-order valence-electron chi connectivity index (χ2n) is 5.83. The lowest BCUT2D eigenvalue weighted by atomic mass is 9.89. The maximum atomic E-state index is 11.9. The van der Waals surface area contributed by atoms with Crippen molar-refractivity contribution in [2.75, 3.05) is 7.11 Å². The van der Waals surface area contributed by atoms with Crippen molar-refractivity contribution in [2.24, 2.45) is 7.05 Å². The lowest BCUT2D eigenvalue weighted by molar-refractivity contribution is -0.144. The standard InChI is InChI=1S/C14H21N3O2/c1-17-12(14(8-9-14)13(18)19-2)15-11(16-17)10-6-4-3-5-7-10/h10H,3-9H2,1-2H3. The van der Waals surface area contributed by atoms with E-state index in [9.17, 15) is 4.79 Å². The topological polar surface area (TPSA) is 57.0 Å². The number of hydrogen-bond acceptors (Lipinski definition) is 4. The number of rotatable bonds is 3. The van der Waals surface area contributed by atoms with Gasteiger partial charge in [0, 0.05) is 13.0 Å². The molecule has 0 radical (unpaired) electrons. The van der Waals surface area contributed by atoms with E-state index in [1.54, 1.807) is 4.68 Å². The summed E-state index contributed by atoms with van der Waals surface area (Å²) in [6.45, 7) is 0. The molecular formula is C14H21N3O2. The van der Waals surface area contributed by atoms with Gasteiger partial charge in [-0.15, -0.1) is 0 Å². The van der Waals surface area contributed by atoms with Crippen LogP contribution in [0.1, 0.15) is 62.5 Å². The van der Waals surface area contributed by atoms with E-state index in [1.165, 1.54) is 39.2 Å². The van der Waals surface area contributed by atoms with Gasteiger partial charge in [0.2, 0.25) is 0 Å². The van der Waals surface area contributed by atoms with Gasteiger partial charge in [-0.3, -0.25) is 9.48 Å². The van der Waals surface area contributed by atoms with Crippen molar-refractivity contribution in [1.29, 1.82) is 0 Å². The van der Waals surface area contributed by atoms with Crippen molar-refractivity contribution in [3.63, 3.8) is 0 Å². The van der Waals surface area contributed by atoms with Crippen LogP contribution in [0.3, 0.4) is 0 Å². The minimum Gasteiger partial charge on any atom is -0.468 e. The van der Waals surface area contributed by atoms with E-state index in [4.69, 9.17) is 4.74 Å². The number of ether oxygens (including phenoxy) is 1. The summed E-state index contributed by atoms with van der Waals surface area (Å²) in [5.74, 6) is 2.02. The Morgan fingerprint density at radius 2 is 2.00 bits per heavy atom. The van der Waals surface area contributed by atoms with Gasteiger partial charge in [-0.1, -0.05) is 19.3 Å². The van der Waals surface area contributed by atoms with Crippen LogP contribution in [0.25, 0.3) is 0 Å². The maximum absolute atomic E-state index is 11.9. The molecule has 3 rings (SSSR count). The van der Waals surface area contributed by atoms with Crippen LogP contribution in [0.2, 0.25) is 0 Å². The molecule has 1 aromatic heterocycles. The molecule has 0 N–H and O–H groups in total. The number of aromatic nitrogens is 3. The summed E-state index contributed by atoms with van der Waals surface area (Å²) in [7, 11) is 3.33. The van der Waals surface area contributed by atoms with Crippen LogP contribution in [0.5, 0.6) is 0 Å². The maximum Gasteiger partial charge on any atom is 0.319 e. The largest absolute Gasteiger partial charge is 0.468 e. The average Bonchev–Trinajstić information content (AvgIpc) is 3.16. The summed E-state index contributed by atoms with van der Waals surface area (Å²) < 4.78 is 6.71. The van der Waals surface area contributed by atoms with Crippen LogP contribution in [0, 0.1) is 0 Å². The third kappa shape index (κ3) is 2.05. The molecule has 1 aromatic rings. The minimum atomic E-state index is -0.510. The number of hydrogen-bond donors (Lipinski definition) is 0. The molecule has 2 aliphatic carbocycles. The predicted molar refractivity (Wildman–Crippen MR) is 69.8 cm³/mol. The summed E-state index contributed by atoms with van der Waals surface area (Å²) in [5, 5.41) is 4.56. The van der Waals surface area contributed by atoms with Crippen molar-refractivity contribution in [2.45, 2.75) is 56.3 Å². The normalized spacial score (nSPS) is 22.2. The molecule has 2 saturated carbocycles. The molecule has 0 unspecified atom stereocenters. The monoisotopic (exact) mass is 263 g/mol. The Morgan fingerprint density at radius 1 is 1.32 bits per heavy atom. The smallest absolute Gasteiger partial charge is 0.319 e. The van der Waals surface area contributed by atoms with Crippen molar-refractivity contribution in [1.82, 2.24) is 14.8 Å². The molecule has 0 amide bonds. The Kier molecular flexibility index (Phi) is 3.07. The molecule has 5 nitrogen and oxygen atoms in total. The van der Waals surface area contributed by atoms with Crippen LogP contribution < -0.4 is 0 Å². The highest BCUT2D eigenvalue weighted by Gasteiger charge is 2.56. The summed E-state index contributed by atoms with van der Waals surface area (Å²) in [6.07, 6.45) is 7.86. The first-order valence-electron chi connectivity index (χ1n) is 7.17. The quantitative estimate of drug-likeness (QED) is 0.783. The first-order chi connectivity index (χ1) is 9.17. The number of nitrogens with zero attached hydrogens (tertiary/aromatic N) is 3. The predicted octanol–water partition coefficient (Wildman–Crippen LogP) is 2.07. The van der Waals surface area contributed by atoms with E-state index in [0.29, 0.717) is 5.92 Å². The van der Waals surface area contributed by atoms with Gasteiger partial charge in [-0.2, -0.15) is 5.10 Å². The summed E-state index contributed by atoms with van der Waals surface area (Å²) in [5.41, 5.74) is -0.510. The Bertz CT molecular complexity index is 485. The third-order valence-electron chi connectivity index (χ3n) is 4.50. The van der Waals surface area contributed by atoms with Gasteiger partial charge in [0.05, 0.1) is 7.11 Å². The molecule has 5 heteroatoms. The van der Waals surface area contributed by atoms with Gasteiger partial charge in [0.25, 0.3) is 0 Å². The lowest BCUT2D eigenvalue weighted by Crippen LogP contribution is -2.25. The number of esters is 1. The van der Waals surface area contributed by atoms with Gasteiger partial charge >= 0.3 is 5.97 Å². The summed E-state index contributed by atoms with van der Waals surface area (Å²) >= 11 is 0. The third-order valence-corrected chi connectivity index (χ3v) is 4.50. The fourth-order valence-corrected chi connectivity index (χ4v) is 3.19. The Morgan fingerprint density at radius 3 is 2.58 bits per heavy atom. The number of methoxy groups -OCH3 is 1. The molecular weight excluding hydrogens is 242 g/mol. The van der Waals surface area contributed by atoms with E-state index < -0.39 is 5.41 Å². The molecule has 0 saturated heterocycles. The fourth-order valence-electron chi connectivity index (χ4n) is 3.19. The highest BCUT2D eigenvalue weighted by molar-refractivity contribution is 5.85. The van der Waals surface area contributed by atoms with Crippen molar-refractivity contribution >= 4 is 5.97 Å². The molecule has 1 heterocycles. The molecule has 2 aliphatic rings. The molecule has 104 valence electrons. The van der Waals surface area contributed by atoms with Crippen LogP contribution in [0.15, 0.2) is 0 Å². The number of carbonyl (C=O) groups excluding carboxylic acids is 1. The minimum absolute atomic E-state index is 0.168. The highest BCUT2D eigenvalue weighted by Crippen LogP contribution is 2.48. The zero-order valence-corrected chi connectivity index (χ0v) is 11.7. The van der Waals surface area contributed by atoms with Gasteiger partial charge in [-0.25, -0.2) is 4.98 Å². The molecule has 0 aliphatic heterocycles. The first kappa shape index (κ1) is 12.6. The van der Waals surface area contributed by atoms with E-state index in [1.807, 2.05) is 7.05 Å². The highest BCUT2D eigenvalue weighted by atomic mass is 16.5. The lowest BCUT2D eigenvalue weighted by Gasteiger charge is -2.18. The molecule has 0 aromatic carbocycles. The van der Waals surface area contributed by atoms with Gasteiger partial charge in [0.1, 0.15) is 11.2 Å². The van der Waals surface area contributed by atoms with E-state index in [-0.39, 0.29) is 5.97 Å². The number of carbonyl (C=O) groups is 1. The van der Waals surface area contributed by atoms with Crippen LogP contribution in [-0.2, 0) is 22.0 Å². The first-order valence-corrected chi connectivity index (χ1v) is 7.17. The van der Waals surface area contributed by atoms with Gasteiger partial charge < -0.3 is 4.74 Å². The molecule has 0 atom stereocenters. The van der Waals surface area contributed by atoms with Crippen LogP contribution in [0.4, 0.5) is 0 Å². The summed E-state index contributed by atoms with van der Waals surface area (Å²) in [6, 6.07) is 0. The molecule has 19 heavy (non-hydrogen) atoms. The zero-order valence-electron chi connectivity index (χ0n) is 11.7. The van der Waals surface area contributed by atoms with Gasteiger partial charge in [0.15, 0.2) is 5.82 Å². The second-order valence-corrected chi connectivity index (χ2v) is 5.83. The molecule has 0 bridgehead atoms.